The summed E-state index contributed by atoms with van der Waals surface area (Å²) in [5.41, 5.74) is 4.68. The zero-order chi connectivity index (χ0) is 18.4. The van der Waals surface area contributed by atoms with E-state index in [1.165, 1.54) is 16.8 Å². The molecule has 1 saturated heterocycles. The van der Waals surface area contributed by atoms with E-state index in [9.17, 15) is 0 Å². The maximum Gasteiger partial charge on any atom is 0.178 e. The number of nitrogens with one attached hydrogen (secondary N) is 1. The normalized spacial score (nSPS) is 22.1. The fourth-order valence-corrected chi connectivity index (χ4v) is 4.91. The molecule has 2 aromatic carbocycles. The summed E-state index contributed by atoms with van der Waals surface area (Å²) in [6.45, 7) is 4.28. The highest BCUT2D eigenvalue weighted by Gasteiger charge is 2.42. The molecule has 0 spiro atoms. The molecule has 26 heavy (non-hydrogen) atoms. The molecule has 0 amide bonds. The third-order valence-electron chi connectivity index (χ3n) is 5.34. The number of hydrogen-bond acceptors (Lipinski definition) is 2. The molecule has 1 N–H and O–H groups in total. The Balaban J connectivity index is 1.68. The average molecular weight is 406 g/mol. The molecule has 2 heterocycles. The predicted molar refractivity (Wildman–Crippen MR) is 115 cm³/mol. The van der Waals surface area contributed by atoms with E-state index in [0.29, 0.717) is 27.1 Å². The summed E-state index contributed by atoms with van der Waals surface area (Å²) in [6, 6.07) is 12.5. The Morgan fingerprint density at radius 3 is 2.77 bits per heavy atom. The zero-order valence-electron chi connectivity index (χ0n) is 14.8. The minimum absolute atomic E-state index is 0.383. The maximum atomic E-state index is 6.33. The van der Waals surface area contributed by atoms with Gasteiger partial charge >= 0.3 is 0 Å². The number of likely N-dealkylation sites (N-methyl/N-ethyl adjacent to an activating group) is 1. The number of thiocarbonyl (C=S) groups is 1. The van der Waals surface area contributed by atoms with Crippen molar-refractivity contribution < 1.29 is 0 Å². The molecule has 0 aliphatic carbocycles. The molecular weight excluding hydrogens is 385 g/mol. The van der Waals surface area contributed by atoms with Gasteiger partial charge in [0.25, 0.3) is 0 Å². The molecule has 0 aromatic heterocycles. The van der Waals surface area contributed by atoms with Crippen molar-refractivity contribution in [1.29, 1.82) is 0 Å². The molecule has 0 saturated carbocycles. The Morgan fingerprint density at radius 1 is 1.19 bits per heavy atom. The molecular formula is C20H21Cl2N3S. The summed E-state index contributed by atoms with van der Waals surface area (Å²) in [4.78, 5) is 4.69. The van der Waals surface area contributed by atoms with Crippen molar-refractivity contribution >= 4 is 51.9 Å². The topological polar surface area (TPSA) is 18.5 Å². The number of rotatable bonds is 1. The number of anilines is 2. The van der Waals surface area contributed by atoms with E-state index in [4.69, 9.17) is 35.4 Å². The van der Waals surface area contributed by atoms with E-state index in [1.54, 1.807) is 6.07 Å². The van der Waals surface area contributed by atoms with Gasteiger partial charge in [-0.1, -0.05) is 40.9 Å². The van der Waals surface area contributed by atoms with Gasteiger partial charge in [0.2, 0.25) is 0 Å². The van der Waals surface area contributed by atoms with Crippen LogP contribution in [0.1, 0.15) is 23.5 Å². The van der Waals surface area contributed by atoms with Crippen LogP contribution in [0.4, 0.5) is 11.4 Å². The fourth-order valence-electron chi connectivity index (χ4n) is 4.11. The molecule has 2 atom stereocenters. The van der Waals surface area contributed by atoms with Crippen LogP contribution < -0.4 is 10.2 Å². The summed E-state index contributed by atoms with van der Waals surface area (Å²) in [5, 5.41) is 5.21. The highest BCUT2D eigenvalue weighted by molar-refractivity contribution is 7.80. The van der Waals surface area contributed by atoms with Gasteiger partial charge in [0.1, 0.15) is 0 Å². The number of benzene rings is 2. The van der Waals surface area contributed by atoms with E-state index in [-0.39, 0.29) is 0 Å². The summed E-state index contributed by atoms with van der Waals surface area (Å²) < 4.78 is 0. The number of hydrogen-bond donors (Lipinski definition) is 1. The quantitative estimate of drug-likeness (QED) is 0.647. The van der Waals surface area contributed by atoms with Crippen LogP contribution in [0.15, 0.2) is 36.4 Å². The molecule has 4 rings (SSSR count). The third-order valence-corrected chi connectivity index (χ3v) is 6.19. The van der Waals surface area contributed by atoms with Crippen LogP contribution >= 0.6 is 35.4 Å². The Bertz CT molecular complexity index is 870. The van der Waals surface area contributed by atoms with E-state index in [1.807, 2.05) is 12.1 Å². The first-order chi connectivity index (χ1) is 12.4. The van der Waals surface area contributed by atoms with Gasteiger partial charge in [-0.15, -0.1) is 0 Å². The minimum atomic E-state index is 0.383. The van der Waals surface area contributed by atoms with Crippen molar-refractivity contribution in [2.45, 2.75) is 25.3 Å². The van der Waals surface area contributed by atoms with Gasteiger partial charge in [0.15, 0.2) is 5.11 Å². The highest BCUT2D eigenvalue weighted by Crippen LogP contribution is 2.45. The van der Waals surface area contributed by atoms with Crippen molar-refractivity contribution in [3.05, 3.63) is 57.6 Å². The summed E-state index contributed by atoms with van der Waals surface area (Å²) in [5.74, 6) is 0.476. The number of piperidine rings is 1. The van der Waals surface area contributed by atoms with E-state index < -0.39 is 0 Å². The highest BCUT2D eigenvalue weighted by atomic mass is 35.5. The molecule has 6 heteroatoms. The first-order valence-corrected chi connectivity index (χ1v) is 9.95. The van der Waals surface area contributed by atoms with Crippen molar-refractivity contribution in [3.63, 3.8) is 0 Å². The molecule has 136 valence electrons. The molecule has 0 bridgehead atoms. The van der Waals surface area contributed by atoms with Crippen LogP contribution in [0.3, 0.4) is 0 Å². The lowest BCUT2D eigenvalue weighted by atomic mass is 9.89. The van der Waals surface area contributed by atoms with Gasteiger partial charge in [0, 0.05) is 29.2 Å². The monoisotopic (exact) mass is 405 g/mol. The Labute approximate surface area is 169 Å². The van der Waals surface area contributed by atoms with Crippen molar-refractivity contribution in [3.8, 4) is 0 Å². The Morgan fingerprint density at radius 2 is 2.00 bits per heavy atom. The van der Waals surface area contributed by atoms with Crippen molar-refractivity contribution in [2.75, 3.05) is 30.4 Å². The average Bonchev–Trinajstić information content (AvgIpc) is 2.90. The lowest BCUT2D eigenvalue weighted by Gasteiger charge is -2.37. The second kappa shape index (κ2) is 7.01. The zero-order valence-corrected chi connectivity index (χ0v) is 17.1. The minimum Gasteiger partial charge on any atom is -0.331 e. The van der Waals surface area contributed by atoms with Gasteiger partial charge in [0.05, 0.1) is 10.7 Å². The molecule has 1 fully saturated rings. The van der Waals surface area contributed by atoms with E-state index in [2.05, 4.69) is 47.3 Å². The Hall–Kier alpha value is -1.33. The van der Waals surface area contributed by atoms with Gasteiger partial charge in [-0.2, -0.15) is 0 Å². The fraction of sp³-hybridized carbons (Fsp3) is 0.350. The molecule has 2 aromatic rings. The van der Waals surface area contributed by atoms with E-state index >= 15 is 0 Å². The predicted octanol–water partition coefficient (Wildman–Crippen LogP) is 5.31. The molecule has 2 aliphatic rings. The standard InChI is InChI=1S/C20H21Cl2N3S/c1-12-3-6-18-14(9-12)15-11-24(2)8-7-19(15)25(18)20(26)23-17-5-4-13(21)10-16(17)22/h3-6,9-10,15,19H,7-8,11H2,1-2H3,(H,23,26)/t15-,19-/m0/s1. The smallest absolute Gasteiger partial charge is 0.178 e. The van der Waals surface area contributed by atoms with Crippen LogP contribution in [-0.2, 0) is 0 Å². The second-order valence-corrected chi connectivity index (χ2v) is 8.44. The number of fused-ring (bicyclic) bond motifs is 3. The largest absolute Gasteiger partial charge is 0.331 e. The van der Waals surface area contributed by atoms with Gasteiger partial charge in [-0.25, -0.2) is 0 Å². The van der Waals surface area contributed by atoms with E-state index in [0.717, 1.165) is 25.2 Å². The summed E-state index contributed by atoms with van der Waals surface area (Å²) >= 11 is 18.1. The van der Waals surface area contributed by atoms with Gasteiger partial charge < -0.3 is 15.1 Å². The summed E-state index contributed by atoms with van der Waals surface area (Å²) in [6.07, 6.45) is 1.09. The number of nitrogens with zero attached hydrogens (tertiary/aromatic N) is 2. The van der Waals surface area contributed by atoms with Gasteiger partial charge in [-0.05, 0) is 69.0 Å². The number of halogens is 2. The van der Waals surface area contributed by atoms with Crippen molar-refractivity contribution in [1.82, 2.24) is 4.90 Å². The SMILES string of the molecule is Cc1ccc2c(c1)[C@@H]1CN(C)CC[C@@H]1N2C(=S)Nc1ccc(Cl)cc1Cl. The van der Waals surface area contributed by atoms with Gasteiger partial charge in [-0.3, -0.25) is 0 Å². The third kappa shape index (κ3) is 3.20. The lowest BCUT2D eigenvalue weighted by molar-refractivity contribution is 0.237. The molecule has 0 unspecified atom stereocenters. The molecule has 0 radical (unpaired) electrons. The van der Waals surface area contributed by atoms with Crippen LogP contribution in [0.2, 0.25) is 10.0 Å². The van der Waals surface area contributed by atoms with Crippen molar-refractivity contribution in [2.24, 2.45) is 0 Å². The number of likely N-dealkylation sites (tertiary alicyclic amines) is 1. The van der Waals surface area contributed by atoms with Crippen LogP contribution in [0, 0.1) is 6.92 Å². The molecule has 3 nitrogen and oxygen atoms in total. The van der Waals surface area contributed by atoms with Crippen LogP contribution in [-0.4, -0.2) is 36.2 Å². The summed E-state index contributed by atoms with van der Waals surface area (Å²) in [7, 11) is 2.19. The van der Waals surface area contributed by atoms with Crippen LogP contribution in [0.5, 0.6) is 0 Å². The Kier molecular flexibility index (Phi) is 4.86. The molecule has 2 aliphatic heterocycles. The first-order valence-electron chi connectivity index (χ1n) is 8.78. The first kappa shape index (κ1) is 18.1. The second-order valence-electron chi connectivity index (χ2n) is 7.21. The maximum absolute atomic E-state index is 6.33. The van der Waals surface area contributed by atoms with Crippen LogP contribution in [0.25, 0.3) is 0 Å². The number of aryl methyl sites for hydroxylation is 1. The lowest BCUT2D eigenvalue weighted by Crippen LogP contribution is -2.48.